The normalized spacial score (nSPS) is 11.9. The van der Waals surface area contributed by atoms with Crippen molar-refractivity contribution in [1.82, 2.24) is 13.7 Å². The number of hydrogen-bond acceptors (Lipinski definition) is 0. The average molecular weight is 1140 g/mol. The first-order valence-corrected chi connectivity index (χ1v) is 32.4. The fourth-order valence-electron chi connectivity index (χ4n) is 14.5. The van der Waals surface area contributed by atoms with E-state index in [0.29, 0.717) is 0 Å². The summed E-state index contributed by atoms with van der Waals surface area (Å²) in [6.07, 6.45) is 0. The molecule has 17 aromatic rings. The van der Waals surface area contributed by atoms with Crippen molar-refractivity contribution in [3.8, 4) is 61.6 Å². The molecule has 17 rings (SSSR count). The van der Waals surface area contributed by atoms with E-state index in [9.17, 15) is 0 Å². The van der Waals surface area contributed by atoms with E-state index in [2.05, 4.69) is 359 Å². The maximum absolute atomic E-state index is 3.08. The molecule has 0 unspecified atom stereocenters. The lowest BCUT2D eigenvalue weighted by atomic mass is 9.99. The fourth-order valence-corrected chi connectivity index (χ4v) is 19.3. The van der Waals surface area contributed by atoms with Gasteiger partial charge in [0.25, 0.3) is 0 Å². The van der Waals surface area contributed by atoms with Crippen LogP contribution in [-0.4, -0.2) is 21.8 Å². The van der Waals surface area contributed by atoms with E-state index in [-0.39, 0.29) is 0 Å². The predicted octanol–water partition coefficient (Wildman–Crippen LogP) is 19.0. The second-order valence-electron chi connectivity index (χ2n) is 23.2. The lowest BCUT2D eigenvalue weighted by Crippen LogP contribution is -2.74. The molecule has 4 heteroatoms. The average Bonchev–Trinajstić information content (AvgIpc) is 1.50. The molecule has 0 saturated heterocycles. The molecule has 3 aromatic heterocycles. The number of nitrogens with zero attached hydrogens (tertiary/aromatic N) is 3. The van der Waals surface area contributed by atoms with Gasteiger partial charge < -0.3 is 13.7 Å². The second kappa shape index (κ2) is 21.0. The Morgan fingerprint density at radius 2 is 0.545 bits per heavy atom. The van der Waals surface area contributed by atoms with Crippen molar-refractivity contribution in [1.29, 1.82) is 0 Å². The van der Waals surface area contributed by atoms with Gasteiger partial charge in [0.1, 0.15) is 0 Å². The van der Waals surface area contributed by atoms with Gasteiger partial charge in [0.2, 0.25) is 0 Å². The number of fused-ring (bicyclic) bond motifs is 9. The maximum Gasteiger partial charge on any atom is 0.179 e. The highest BCUT2D eigenvalue weighted by atomic mass is 28.3. The molecule has 14 aromatic carbocycles. The maximum atomic E-state index is 2.51. The topological polar surface area (TPSA) is 14.8 Å². The van der Waals surface area contributed by atoms with Gasteiger partial charge in [0.15, 0.2) is 8.07 Å². The zero-order valence-electron chi connectivity index (χ0n) is 48.3. The van der Waals surface area contributed by atoms with E-state index in [1.165, 1.54) is 109 Å². The quantitative estimate of drug-likeness (QED) is 0.0906. The predicted molar refractivity (Wildman–Crippen MR) is 375 cm³/mol. The molecule has 3 nitrogen and oxygen atoms in total. The molecular weight excluding hydrogens is 1080 g/mol. The van der Waals surface area contributed by atoms with Gasteiger partial charge in [-0.25, -0.2) is 0 Å². The van der Waals surface area contributed by atoms with E-state index in [0.717, 1.165) is 39.2 Å². The van der Waals surface area contributed by atoms with Crippen molar-refractivity contribution in [2.45, 2.75) is 0 Å². The number of para-hydroxylation sites is 4. The number of aromatic nitrogens is 3. The minimum Gasteiger partial charge on any atom is -0.309 e. The van der Waals surface area contributed by atoms with Crippen molar-refractivity contribution in [3.05, 3.63) is 346 Å². The Morgan fingerprint density at radius 1 is 0.182 bits per heavy atom. The summed E-state index contributed by atoms with van der Waals surface area (Å²) in [5, 5.41) is 12.6. The summed E-state index contributed by atoms with van der Waals surface area (Å²) in [6.45, 7) is 0. The highest BCUT2D eigenvalue weighted by Crippen LogP contribution is 2.43. The summed E-state index contributed by atoms with van der Waals surface area (Å²) in [5.41, 5.74) is 19.8. The lowest BCUT2D eigenvalue weighted by Gasteiger charge is -2.35. The Kier molecular flexibility index (Phi) is 12.2. The van der Waals surface area contributed by atoms with Crippen molar-refractivity contribution < 1.29 is 0 Å². The van der Waals surface area contributed by atoms with Gasteiger partial charge in [-0.3, -0.25) is 0 Å². The van der Waals surface area contributed by atoms with Crippen LogP contribution in [0, 0.1) is 0 Å². The Labute approximate surface area is 512 Å². The van der Waals surface area contributed by atoms with Crippen molar-refractivity contribution in [2.24, 2.45) is 0 Å². The number of benzene rings is 14. The Hall–Kier alpha value is -11.3. The van der Waals surface area contributed by atoms with Crippen molar-refractivity contribution in [2.75, 3.05) is 0 Å². The molecule has 0 atom stereocenters. The number of rotatable bonds is 11. The minimum absolute atomic E-state index is 1.08. The summed E-state index contributed by atoms with van der Waals surface area (Å²) in [6, 6.07) is 129. The minimum atomic E-state index is -3.08. The molecule has 88 heavy (non-hydrogen) atoms. The van der Waals surface area contributed by atoms with Crippen LogP contribution in [0.25, 0.3) is 127 Å². The van der Waals surface area contributed by atoms with Gasteiger partial charge in [-0.05, 0) is 138 Å². The lowest BCUT2D eigenvalue weighted by molar-refractivity contribution is 1.13. The van der Waals surface area contributed by atoms with Gasteiger partial charge in [0, 0.05) is 43.7 Å². The Bertz CT molecular complexity index is 5320. The van der Waals surface area contributed by atoms with Crippen LogP contribution in [0.4, 0.5) is 0 Å². The third-order valence-corrected chi connectivity index (χ3v) is 23.1. The second-order valence-corrected chi connectivity index (χ2v) is 27.0. The zero-order valence-corrected chi connectivity index (χ0v) is 49.3. The molecule has 0 aliphatic rings. The largest absolute Gasteiger partial charge is 0.309 e. The third-order valence-electron chi connectivity index (χ3n) is 18.3. The molecule has 0 saturated carbocycles. The van der Waals surface area contributed by atoms with Gasteiger partial charge in [-0.2, -0.15) is 0 Å². The SMILES string of the molecule is c1ccc(-c2cc(-c3ccccc3)cc([Si](c3ccccc3)(c3ccccc3)c3ccc(-c4cc(-n5c6ccccc6c6ccccc65)cc(-n5c6ccccc6c6c(-n7c8ccccc8c8cc(-c9ccccc9)ccc87)cccc65)c4)cc3)c2)cc1. The molecule has 0 spiro atoms. The van der Waals surface area contributed by atoms with E-state index in [1.54, 1.807) is 0 Å². The highest BCUT2D eigenvalue weighted by molar-refractivity contribution is 7.20. The summed E-state index contributed by atoms with van der Waals surface area (Å²) in [7, 11) is -3.08. The monoisotopic (exact) mass is 1140 g/mol. The first kappa shape index (κ1) is 51.1. The fraction of sp³-hybridized carbons (Fsp3) is 0. The van der Waals surface area contributed by atoms with Crippen LogP contribution in [0.5, 0.6) is 0 Å². The van der Waals surface area contributed by atoms with Crippen molar-refractivity contribution in [3.63, 3.8) is 0 Å². The van der Waals surface area contributed by atoms with Crippen LogP contribution in [-0.2, 0) is 0 Å². The third kappa shape index (κ3) is 8.25. The molecule has 0 aliphatic heterocycles. The van der Waals surface area contributed by atoms with Crippen LogP contribution in [0.1, 0.15) is 0 Å². The van der Waals surface area contributed by atoms with Gasteiger partial charge in [-0.15, -0.1) is 0 Å². The zero-order chi connectivity index (χ0) is 58.1. The van der Waals surface area contributed by atoms with E-state index in [1.807, 2.05) is 0 Å². The molecule has 0 fully saturated rings. The van der Waals surface area contributed by atoms with Crippen LogP contribution >= 0.6 is 0 Å². The first-order valence-electron chi connectivity index (χ1n) is 30.4. The molecule has 3 heterocycles. The summed E-state index contributed by atoms with van der Waals surface area (Å²) in [4.78, 5) is 0. The Morgan fingerprint density at radius 3 is 1.08 bits per heavy atom. The summed E-state index contributed by atoms with van der Waals surface area (Å²) in [5.74, 6) is 0. The van der Waals surface area contributed by atoms with Gasteiger partial charge in [0.05, 0.1) is 38.8 Å². The van der Waals surface area contributed by atoms with Crippen LogP contribution in [0.2, 0.25) is 0 Å². The molecule has 0 amide bonds. The highest BCUT2D eigenvalue weighted by Gasteiger charge is 2.42. The van der Waals surface area contributed by atoms with Crippen LogP contribution in [0.15, 0.2) is 346 Å². The Balaban J connectivity index is 0.902. The van der Waals surface area contributed by atoms with Crippen LogP contribution < -0.4 is 20.7 Å². The molecular formula is C84H57N3Si. The van der Waals surface area contributed by atoms with Gasteiger partial charge in [-0.1, -0.05) is 273 Å². The summed E-state index contributed by atoms with van der Waals surface area (Å²) >= 11 is 0. The van der Waals surface area contributed by atoms with Crippen LogP contribution in [0.3, 0.4) is 0 Å². The standard InChI is InChI=1S/C84H57N3Si/c1-6-25-58(26-7-1)62-47-50-81-76(56-62)74-37-18-22-41-79(74)87(81)83-44-24-43-82-84(83)75-38-19-23-42-80(75)86(82)67-53-65(52-66(57-67)85-77-39-20-16-35-72(77)73-36-17-21-40-78(73)85)61-45-48-70(49-46-61)88(68-31-12-4-13-32-68,69-33-14-5-15-34-69)71-54-63(59-27-8-2-9-28-59)51-64(55-71)60-29-10-3-11-30-60/h1-57H. The number of hydrogen-bond donors (Lipinski definition) is 0. The molecule has 412 valence electrons. The molecule has 0 bridgehead atoms. The van der Waals surface area contributed by atoms with E-state index in [4.69, 9.17) is 0 Å². The van der Waals surface area contributed by atoms with E-state index < -0.39 is 8.07 Å². The van der Waals surface area contributed by atoms with E-state index >= 15 is 0 Å². The smallest absolute Gasteiger partial charge is 0.179 e. The van der Waals surface area contributed by atoms with Crippen molar-refractivity contribution >= 4 is 94.2 Å². The van der Waals surface area contributed by atoms with Gasteiger partial charge >= 0.3 is 0 Å². The molecule has 0 radical (unpaired) electrons. The molecule has 0 N–H and O–H groups in total. The summed E-state index contributed by atoms with van der Waals surface area (Å²) < 4.78 is 7.48. The molecule has 0 aliphatic carbocycles. The first-order chi connectivity index (χ1) is 43.7.